The second-order valence-electron chi connectivity index (χ2n) is 12.2. The molecule has 1 aromatic carbocycles. The lowest BCUT2D eigenvalue weighted by Gasteiger charge is -2.45. The minimum Gasteiger partial charge on any atom is -0.494 e. The van der Waals surface area contributed by atoms with E-state index < -0.39 is 24.0 Å². The number of aryl methyl sites for hydroxylation is 1. The van der Waals surface area contributed by atoms with E-state index in [2.05, 4.69) is 37.0 Å². The molecule has 5 rings (SSSR count). The normalized spacial score (nSPS) is 17.3. The Kier molecular flexibility index (Phi) is 7.97. The van der Waals surface area contributed by atoms with E-state index in [0.29, 0.717) is 34.5 Å². The van der Waals surface area contributed by atoms with Gasteiger partial charge >= 0.3 is 5.97 Å². The van der Waals surface area contributed by atoms with Crippen molar-refractivity contribution in [2.24, 2.45) is 0 Å². The number of fused-ring (bicyclic) bond motifs is 1. The Balaban J connectivity index is 1.61. The van der Waals surface area contributed by atoms with Gasteiger partial charge in [-0.2, -0.15) is 4.98 Å². The first kappa shape index (κ1) is 29.0. The van der Waals surface area contributed by atoms with Crippen LogP contribution in [-0.4, -0.2) is 84.7 Å². The van der Waals surface area contributed by atoms with E-state index in [-0.39, 0.29) is 23.2 Å². The number of amides is 1. The molecule has 0 atom stereocenters. The van der Waals surface area contributed by atoms with E-state index in [9.17, 15) is 12.3 Å². The van der Waals surface area contributed by atoms with Gasteiger partial charge in [-0.15, -0.1) is 0 Å². The summed E-state index contributed by atoms with van der Waals surface area (Å²) in [5.74, 6) is -0.528. The predicted molar refractivity (Wildman–Crippen MR) is 176 cm³/mol. The summed E-state index contributed by atoms with van der Waals surface area (Å²) in [5, 5.41) is 6.06. The van der Waals surface area contributed by atoms with Gasteiger partial charge in [-0.1, -0.05) is 20.4 Å². The fourth-order valence-electron chi connectivity index (χ4n) is 5.25. The molecule has 4 heterocycles. The van der Waals surface area contributed by atoms with Crippen molar-refractivity contribution < 1.29 is 21.8 Å². The number of hydrogen-bond acceptors (Lipinski definition) is 11. The fourth-order valence-corrected chi connectivity index (χ4v) is 5.25. The Morgan fingerprint density at radius 3 is 2.56 bits per heavy atom. The molecule has 0 spiro atoms. The van der Waals surface area contributed by atoms with Gasteiger partial charge in [0.25, 0.3) is 0 Å². The van der Waals surface area contributed by atoms with E-state index in [0.717, 1.165) is 24.5 Å². The highest BCUT2D eigenvalue weighted by atomic mass is 16.5. The monoisotopic (exact) mass is 616 g/mol. The molecule has 2 aromatic heterocycles. The first-order valence-corrected chi connectivity index (χ1v) is 14.8. The van der Waals surface area contributed by atoms with Crippen LogP contribution in [0.1, 0.15) is 52.2 Å². The number of nitrogens with one attached hydrogen (secondary N) is 2. The topological polar surface area (TPSA) is 125 Å². The largest absolute Gasteiger partial charge is 0.494 e. The van der Waals surface area contributed by atoms with Crippen molar-refractivity contribution in [2.75, 3.05) is 61.2 Å². The van der Waals surface area contributed by atoms with Crippen molar-refractivity contribution >= 4 is 46.4 Å². The van der Waals surface area contributed by atoms with Crippen molar-refractivity contribution in [3.63, 3.8) is 0 Å². The molecule has 2 aliphatic heterocycles. The van der Waals surface area contributed by atoms with Gasteiger partial charge in [-0.05, 0) is 59.1 Å². The molecule has 3 aromatic rings. The smallest absolute Gasteiger partial charge is 0.343 e. The highest BCUT2D eigenvalue weighted by molar-refractivity contribution is 6.02. The number of carbonyl (C=O) groups excluding carboxylic acids is 2. The number of likely N-dealkylation sites (N-methyl/N-ethyl adjacent to an activating group) is 1. The molecule has 1 amide bonds. The maximum Gasteiger partial charge on any atom is 0.343 e. The molecular formula is C33H42N8O4. The van der Waals surface area contributed by atoms with Crippen molar-refractivity contribution in [3.8, 4) is 5.75 Å². The number of rotatable bonds is 10. The quantitative estimate of drug-likeness (QED) is 0.241. The summed E-state index contributed by atoms with van der Waals surface area (Å²) in [7, 11) is 5.60. The van der Waals surface area contributed by atoms with Gasteiger partial charge in [0.15, 0.2) is 5.82 Å². The third kappa shape index (κ3) is 6.41. The predicted octanol–water partition coefficient (Wildman–Crippen LogP) is 4.80. The van der Waals surface area contributed by atoms with Crippen molar-refractivity contribution in [2.45, 2.75) is 52.2 Å². The van der Waals surface area contributed by atoms with E-state index >= 15 is 0 Å². The number of hydrogen-bond donors (Lipinski definition) is 2. The summed E-state index contributed by atoms with van der Waals surface area (Å²) in [6.07, 6.45) is 2.09. The van der Waals surface area contributed by atoms with Crippen LogP contribution in [0.3, 0.4) is 0 Å². The van der Waals surface area contributed by atoms with Crippen molar-refractivity contribution in [1.29, 1.82) is 0 Å². The molecule has 12 heteroatoms. The Bertz CT molecular complexity index is 1720. The number of carbonyl (C=O) groups is 2. The van der Waals surface area contributed by atoms with Gasteiger partial charge < -0.3 is 34.8 Å². The van der Waals surface area contributed by atoms with E-state index in [4.69, 9.17) is 14.5 Å². The Labute approximate surface area is 267 Å². The molecule has 12 nitrogen and oxygen atoms in total. The molecule has 45 heavy (non-hydrogen) atoms. The summed E-state index contributed by atoms with van der Waals surface area (Å²) in [6.45, 7) is 11.9. The van der Waals surface area contributed by atoms with E-state index in [1.807, 2.05) is 27.1 Å². The molecule has 1 saturated heterocycles. The highest BCUT2D eigenvalue weighted by Gasteiger charge is 2.40. The van der Waals surface area contributed by atoms with Crippen LogP contribution in [-0.2, 0) is 14.9 Å². The lowest BCUT2D eigenvalue weighted by Crippen LogP contribution is -2.57. The van der Waals surface area contributed by atoms with Gasteiger partial charge in [-0.25, -0.2) is 9.78 Å². The van der Waals surface area contributed by atoms with Crippen molar-refractivity contribution in [3.05, 3.63) is 60.1 Å². The number of esters is 1. The summed E-state index contributed by atoms with van der Waals surface area (Å²) < 4.78 is 29.8. The number of aromatic nitrogens is 3. The third-order valence-electron chi connectivity index (χ3n) is 7.72. The Morgan fingerprint density at radius 2 is 1.91 bits per heavy atom. The molecule has 1 fully saturated rings. The summed E-state index contributed by atoms with van der Waals surface area (Å²) in [4.78, 5) is 45.3. The van der Waals surface area contributed by atoms with Crippen LogP contribution in [0.2, 0.25) is 0 Å². The summed E-state index contributed by atoms with van der Waals surface area (Å²) in [6, 6.07) is 7.50. The van der Waals surface area contributed by atoms with Crippen LogP contribution >= 0.6 is 0 Å². The Hall–Kier alpha value is -4.71. The van der Waals surface area contributed by atoms with Crippen LogP contribution in [0.25, 0.3) is 0 Å². The second kappa shape index (κ2) is 12.4. The van der Waals surface area contributed by atoms with E-state index in [1.165, 1.54) is 24.3 Å². The molecule has 2 aliphatic rings. The number of benzene rings is 1. The van der Waals surface area contributed by atoms with Gasteiger partial charge in [0.2, 0.25) is 11.9 Å². The lowest BCUT2D eigenvalue weighted by molar-refractivity contribution is -0.111. The number of nitrogens with zero attached hydrogens (tertiary/aromatic N) is 6. The SMILES string of the molecule is [2H]C1([2H])N(c2nc(Nc3cc(NC(=O)C=C)c(N4CC(N(C)C)C4)cc3OC)ncc2C(=O)OC(C)C)c2ccc(C)nc2C1(C)C. The van der Waals surface area contributed by atoms with Crippen LogP contribution in [0, 0.1) is 6.92 Å². The highest BCUT2D eigenvalue weighted by Crippen LogP contribution is 2.44. The van der Waals surface area contributed by atoms with Gasteiger partial charge in [0.1, 0.15) is 11.3 Å². The summed E-state index contributed by atoms with van der Waals surface area (Å²) in [5.41, 5.74) is 2.44. The number of methoxy groups -OCH3 is 1. The molecule has 2 N–H and O–H groups in total. The fraction of sp³-hybridized carbons (Fsp3) is 0.424. The average Bonchev–Trinajstić information content (AvgIpc) is 3.12. The zero-order valence-corrected chi connectivity index (χ0v) is 27.1. The molecule has 0 bridgehead atoms. The van der Waals surface area contributed by atoms with Gasteiger partial charge in [0, 0.05) is 49.0 Å². The minimum atomic E-state index is -2.04. The molecule has 238 valence electrons. The standard InChI is InChI=1S/C33H42N8O4/c1-10-28(42)36-23-13-24(27(44-9)14-26(23)40-16-21(17-40)39(7)8)37-32-34-15-22(31(43)45-19(2)3)30(38-32)41-18-33(5,6)29-25(41)12-11-20(4)35-29/h10-15,19,21H,1,16-18H2,2-9H3,(H,36,42)(H,34,37,38)/i18D2. The first-order valence-electron chi connectivity index (χ1n) is 15.8. The maximum atomic E-state index is 13.4. The molecular weight excluding hydrogens is 572 g/mol. The lowest BCUT2D eigenvalue weighted by atomic mass is 9.91. The molecule has 0 saturated carbocycles. The van der Waals surface area contributed by atoms with Crippen LogP contribution in [0.15, 0.2) is 43.1 Å². The zero-order valence-electron chi connectivity index (χ0n) is 29.1. The number of pyridine rings is 1. The number of anilines is 6. The van der Waals surface area contributed by atoms with Gasteiger partial charge in [0.05, 0.1) is 44.4 Å². The van der Waals surface area contributed by atoms with E-state index in [1.54, 1.807) is 45.9 Å². The van der Waals surface area contributed by atoms with Crippen molar-refractivity contribution in [1.82, 2.24) is 19.9 Å². The number of ether oxygens (including phenoxy) is 2. The Morgan fingerprint density at radius 1 is 1.18 bits per heavy atom. The molecule has 0 aliphatic carbocycles. The maximum absolute atomic E-state index is 13.4. The van der Waals surface area contributed by atoms with Gasteiger partial charge in [-0.3, -0.25) is 9.78 Å². The van der Waals surface area contributed by atoms with Crippen LogP contribution in [0.5, 0.6) is 5.75 Å². The minimum absolute atomic E-state index is 0.00757. The zero-order chi connectivity index (χ0) is 34.4. The first-order chi connectivity index (χ1) is 22.1. The third-order valence-corrected chi connectivity index (χ3v) is 7.72. The summed E-state index contributed by atoms with van der Waals surface area (Å²) >= 11 is 0. The van der Waals surface area contributed by atoms with Crippen LogP contribution in [0.4, 0.5) is 34.5 Å². The molecule has 0 radical (unpaired) electrons. The van der Waals surface area contributed by atoms with Crippen LogP contribution < -0.4 is 25.2 Å². The molecule has 0 unspecified atom stereocenters. The average molecular weight is 617 g/mol. The second-order valence-corrected chi connectivity index (χ2v) is 12.2.